The molecule has 2 rings (SSSR count). The normalized spacial score (nSPS) is 28.3. The summed E-state index contributed by atoms with van der Waals surface area (Å²) in [5.41, 5.74) is 0. The minimum atomic E-state index is -2.76. The van der Waals surface area contributed by atoms with Crippen LogP contribution in [-0.2, 0) is 9.09 Å². The smallest absolute Gasteiger partial charge is 0.299 e. The molecule has 14 heavy (non-hydrogen) atoms. The standard InChI is InChI=1S/C10H14NO2P/c12-14(10-6-2-1-3-7-10)11-8-4-5-9-13-14/h1-3,6-7H,4-5,8-9H2,(H,11,12). The van der Waals surface area contributed by atoms with Gasteiger partial charge in [0.2, 0.25) is 0 Å². The summed E-state index contributed by atoms with van der Waals surface area (Å²) in [7, 11) is -2.76. The zero-order valence-electron chi connectivity index (χ0n) is 7.98. The minimum absolute atomic E-state index is 0.583. The monoisotopic (exact) mass is 211 g/mol. The molecule has 0 spiro atoms. The minimum Gasteiger partial charge on any atom is -0.314 e. The highest BCUT2D eigenvalue weighted by Crippen LogP contribution is 2.42. The van der Waals surface area contributed by atoms with Crippen molar-refractivity contribution in [3.63, 3.8) is 0 Å². The Labute approximate surface area is 84.0 Å². The first-order valence-corrected chi connectivity index (χ1v) is 6.49. The van der Waals surface area contributed by atoms with Crippen LogP contribution >= 0.6 is 7.52 Å². The number of benzene rings is 1. The van der Waals surface area contributed by atoms with Gasteiger partial charge in [-0.1, -0.05) is 18.2 Å². The molecule has 0 radical (unpaired) electrons. The van der Waals surface area contributed by atoms with Gasteiger partial charge in [0.15, 0.2) is 0 Å². The molecule has 1 aliphatic heterocycles. The summed E-state index contributed by atoms with van der Waals surface area (Å²) in [5, 5.41) is 3.77. The van der Waals surface area contributed by atoms with E-state index >= 15 is 0 Å². The molecule has 0 amide bonds. The molecule has 1 atom stereocenters. The molecule has 1 unspecified atom stereocenters. The van der Waals surface area contributed by atoms with Crippen molar-refractivity contribution in [2.45, 2.75) is 12.8 Å². The third-order valence-corrected chi connectivity index (χ3v) is 4.42. The van der Waals surface area contributed by atoms with E-state index in [-0.39, 0.29) is 0 Å². The number of hydrogen-bond donors (Lipinski definition) is 1. The van der Waals surface area contributed by atoms with Crippen LogP contribution in [0.2, 0.25) is 0 Å². The Hall–Kier alpha value is -0.630. The third-order valence-electron chi connectivity index (χ3n) is 2.26. The first kappa shape index (κ1) is 9.91. The molecule has 1 aliphatic rings. The van der Waals surface area contributed by atoms with Crippen molar-refractivity contribution in [2.24, 2.45) is 0 Å². The number of rotatable bonds is 1. The van der Waals surface area contributed by atoms with Crippen LogP contribution in [0.5, 0.6) is 0 Å². The molecule has 0 bridgehead atoms. The molecular weight excluding hydrogens is 197 g/mol. The molecule has 1 aromatic rings. The van der Waals surface area contributed by atoms with Crippen molar-refractivity contribution in [3.05, 3.63) is 30.3 Å². The van der Waals surface area contributed by atoms with Gasteiger partial charge in [0.1, 0.15) is 0 Å². The van der Waals surface area contributed by atoms with E-state index in [1.165, 1.54) is 0 Å². The van der Waals surface area contributed by atoms with Gasteiger partial charge in [-0.25, -0.2) is 5.09 Å². The maximum atomic E-state index is 12.3. The highest BCUT2D eigenvalue weighted by molar-refractivity contribution is 7.65. The second-order valence-electron chi connectivity index (χ2n) is 3.34. The van der Waals surface area contributed by atoms with E-state index in [4.69, 9.17) is 4.52 Å². The van der Waals surface area contributed by atoms with Gasteiger partial charge in [0, 0.05) is 6.54 Å². The third kappa shape index (κ3) is 2.06. The second kappa shape index (κ2) is 4.26. The molecule has 1 fully saturated rings. The zero-order chi connectivity index (χ0) is 9.86. The fraction of sp³-hybridized carbons (Fsp3) is 0.400. The van der Waals surface area contributed by atoms with Crippen LogP contribution in [0.3, 0.4) is 0 Å². The van der Waals surface area contributed by atoms with Crippen LogP contribution in [-0.4, -0.2) is 13.2 Å². The molecule has 0 aromatic heterocycles. The molecule has 0 aliphatic carbocycles. The summed E-state index contributed by atoms with van der Waals surface area (Å²) < 4.78 is 17.7. The Morgan fingerprint density at radius 2 is 2.00 bits per heavy atom. The van der Waals surface area contributed by atoms with Gasteiger partial charge in [-0.3, -0.25) is 4.57 Å². The van der Waals surface area contributed by atoms with E-state index < -0.39 is 7.52 Å². The average molecular weight is 211 g/mol. The summed E-state index contributed by atoms with van der Waals surface area (Å²) in [6.07, 6.45) is 2.00. The molecule has 1 heterocycles. The quantitative estimate of drug-likeness (QED) is 0.721. The fourth-order valence-electron chi connectivity index (χ4n) is 1.48. The van der Waals surface area contributed by atoms with Crippen LogP contribution in [0.4, 0.5) is 0 Å². The Bertz CT molecular complexity index is 327. The van der Waals surface area contributed by atoms with Crippen molar-refractivity contribution in [1.82, 2.24) is 5.09 Å². The average Bonchev–Trinajstić information content (AvgIpc) is 2.46. The molecule has 1 saturated heterocycles. The lowest BCUT2D eigenvalue weighted by Crippen LogP contribution is -2.19. The Kier molecular flexibility index (Phi) is 3.02. The van der Waals surface area contributed by atoms with E-state index in [2.05, 4.69) is 5.09 Å². The molecule has 1 aromatic carbocycles. The lowest BCUT2D eigenvalue weighted by atomic mass is 10.3. The van der Waals surface area contributed by atoms with Gasteiger partial charge in [0.25, 0.3) is 7.52 Å². The predicted octanol–water partition coefficient (Wildman–Crippen LogP) is 1.91. The number of nitrogens with one attached hydrogen (secondary N) is 1. The Morgan fingerprint density at radius 3 is 2.79 bits per heavy atom. The van der Waals surface area contributed by atoms with E-state index in [9.17, 15) is 4.57 Å². The molecule has 3 nitrogen and oxygen atoms in total. The SMILES string of the molecule is O=P1(c2ccccc2)NCCCCO1. The van der Waals surface area contributed by atoms with Gasteiger partial charge < -0.3 is 4.52 Å². The summed E-state index contributed by atoms with van der Waals surface area (Å²) in [4.78, 5) is 0. The highest BCUT2D eigenvalue weighted by Gasteiger charge is 2.26. The molecule has 1 N–H and O–H groups in total. The van der Waals surface area contributed by atoms with Crippen molar-refractivity contribution >= 4 is 12.8 Å². The maximum Gasteiger partial charge on any atom is 0.299 e. The van der Waals surface area contributed by atoms with Crippen LogP contribution in [0.25, 0.3) is 0 Å². The first-order chi connectivity index (χ1) is 6.81. The summed E-state index contributed by atoms with van der Waals surface area (Å²) in [6, 6.07) is 9.36. The van der Waals surface area contributed by atoms with Crippen molar-refractivity contribution in [1.29, 1.82) is 0 Å². The lowest BCUT2D eigenvalue weighted by molar-refractivity contribution is 0.319. The van der Waals surface area contributed by atoms with Gasteiger partial charge in [-0.05, 0) is 25.0 Å². The topological polar surface area (TPSA) is 38.3 Å². The van der Waals surface area contributed by atoms with Crippen LogP contribution in [0, 0.1) is 0 Å². The van der Waals surface area contributed by atoms with Gasteiger partial charge in [-0.15, -0.1) is 0 Å². The number of hydrogen-bond acceptors (Lipinski definition) is 2. The Balaban J connectivity index is 2.26. The van der Waals surface area contributed by atoms with Gasteiger partial charge in [-0.2, -0.15) is 0 Å². The summed E-state index contributed by atoms with van der Waals surface area (Å²) in [6.45, 7) is 1.35. The molecular formula is C10H14NO2P. The largest absolute Gasteiger partial charge is 0.314 e. The van der Waals surface area contributed by atoms with Crippen molar-refractivity contribution in [2.75, 3.05) is 13.2 Å². The van der Waals surface area contributed by atoms with Gasteiger partial charge >= 0.3 is 0 Å². The Morgan fingerprint density at radius 1 is 1.21 bits per heavy atom. The summed E-state index contributed by atoms with van der Waals surface area (Å²) >= 11 is 0. The summed E-state index contributed by atoms with van der Waals surface area (Å²) in [5.74, 6) is 0. The van der Waals surface area contributed by atoms with E-state index in [1.807, 2.05) is 30.3 Å². The highest BCUT2D eigenvalue weighted by atomic mass is 31.2. The molecule has 0 saturated carbocycles. The predicted molar refractivity (Wildman–Crippen MR) is 56.9 cm³/mol. The molecule has 76 valence electrons. The maximum absolute atomic E-state index is 12.3. The van der Waals surface area contributed by atoms with Gasteiger partial charge in [0.05, 0.1) is 11.9 Å². The molecule has 4 heteroatoms. The van der Waals surface area contributed by atoms with Crippen LogP contribution in [0.15, 0.2) is 30.3 Å². The zero-order valence-corrected chi connectivity index (χ0v) is 8.87. The fourth-order valence-corrected chi connectivity index (χ4v) is 3.31. The second-order valence-corrected chi connectivity index (χ2v) is 5.53. The van der Waals surface area contributed by atoms with Crippen molar-refractivity contribution < 1.29 is 9.09 Å². The first-order valence-electron chi connectivity index (χ1n) is 4.87. The van der Waals surface area contributed by atoms with Crippen molar-refractivity contribution in [3.8, 4) is 0 Å². The van der Waals surface area contributed by atoms with Crippen LogP contribution < -0.4 is 10.4 Å². The lowest BCUT2D eigenvalue weighted by Gasteiger charge is -2.16. The van der Waals surface area contributed by atoms with Crippen LogP contribution in [0.1, 0.15) is 12.8 Å². The van der Waals surface area contributed by atoms with E-state index in [0.29, 0.717) is 6.61 Å². The van der Waals surface area contributed by atoms with E-state index in [1.54, 1.807) is 0 Å². The van der Waals surface area contributed by atoms with E-state index in [0.717, 1.165) is 24.7 Å².